The molecule has 0 bridgehead atoms. The Morgan fingerprint density at radius 1 is 1.00 bits per heavy atom. The molecule has 0 spiro atoms. The van der Waals surface area contributed by atoms with Gasteiger partial charge in [-0.15, -0.1) is 0 Å². The maximum atomic E-state index is 11.2. The summed E-state index contributed by atoms with van der Waals surface area (Å²) in [5.74, 6) is 0.956. The van der Waals surface area contributed by atoms with Crippen molar-refractivity contribution < 1.29 is 19.5 Å². The molecule has 0 radical (unpaired) electrons. The molecule has 6 heteroatoms. The second-order valence-corrected chi connectivity index (χ2v) is 7.05. The highest BCUT2D eigenvalue weighted by molar-refractivity contribution is 5.39. The SMILES string of the molecule is COc1ccc(C)cc1C[NH+]1CC[NH+](Cc2ccccc2[N+](=O)[O-])CC1. The van der Waals surface area contributed by atoms with E-state index in [4.69, 9.17) is 4.74 Å². The first-order valence-corrected chi connectivity index (χ1v) is 9.09. The number of nitrogens with zero attached hydrogens (tertiary/aromatic N) is 1. The number of aryl methyl sites for hydroxylation is 1. The van der Waals surface area contributed by atoms with E-state index in [2.05, 4.69) is 19.1 Å². The summed E-state index contributed by atoms with van der Waals surface area (Å²) in [6.07, 6.45) is 0. The summed E-state index contributed by atoms with van der Waals surface area (Å²) in [4.78, 5) is 13.9. The average Bonchev–Trinajstić information content (AvgIpc) is 2.64. The fraction of sp³-hybridized carbons (Fsp3) is 0.400. The summed E-state index contributed by atoms with van der Waals surface area (Å²) in [5.41, 5.74) is 3.57. The van der Waals surface area contributed by atoms with Crippen LogP contribution in [0.3, 0.4) is 0 Å². The van der Waals surface area contributed by atoms with Gasteiger partial charge in [-0.1, -0.05) is 23.8 Å². The maximum Gasteiger partial charge on any atom is 0.278 e. The Bertz CT molecular complexity index is 771. The lowest BCUT2D eigenvalue weighted by molar-refractivity contribution is -1.02. The molecule has 0 amide bonds. The smallest absolute Gasteiger partial charge is 0.278 e. The third-order valence-corrected chi connectivity index (χ3v) is 5.17. The van der Waals surface area contributed by atoms with E-state index < -0.39 is 0 Å². The van der Waals surface area contributed by atoms with Crippen LogP contribution in [-0.2, 0) is 13.1 Å². The largest absolute Gasteiger partial charge is 0.496 e. The molecule has 0 aromatic heterocycles. The Labute approximate surface area is 154 Å². The van der Waals surface area contributed by atoms with Crippen molar-refractivity contribution in [2.45, 2.75) is 20.0 Å². The predicted octanol–water partition coefficient (Wildman–Crippen LogP) is 0.395. The summed E-state index contributed by atoms with van der Waals surface area (Å²) in [7, 11) is 1.72. The zero-order valence-corrected chi connectivity index (χ0v) is 15.5. The molecule has 0 unspecified atom stereocenters. The standard InChI is InChI=1S/C20H25N3O3/c1-16-7-8-20(26-2)18(13-16)15-22-11-9-21(10-12-22)14-17-5-3-4-6-19(17)23(24)25/h3-8,13H,9-12,14-15H2,1-2H3/p+2. The normalized spacial score (nSPS) is 19.9. The molecule has 2 aromatic rings. The van der Waals surface area contributed by atoms with E-state index in [0.717, 1.165) is 50.6 Å². The highest BCUT2D eigenvalue weighted by Crippen LogP contribution is 2.18. The molecule has 138 valence electrons. The van der Waals surface area contributed by atoms with E-state index in [1.807, 2.05) is 18.2 Å². The Kier molecular flexibility index (Phi) is 5.85. The molecule has 3 rings (SSSR count). The topological polar surface area (TPSA) is 61.2 Å². The average molecular weight is 357 g/mol. The minimum Gasteiger partial charge on any atom is -0.496 e. The van der Waals surface area contributed by atoms with Gasteiger partial charge < -0.3 is 14.5 Å². The molecule has 0 atom stereocenters. The molecular weight excluding hydrogens is 330 g/mol. The molecule has 1 aliphatic heterocycles. The number of ether oxygens (including phenoxy) is 1. The first kappa shape index (κ1) is 18.4. The monoisotopic (exact) mass is 357 g/mol. The number of methoxy groups -OCH3 is 1. The molecular formula is C20H27N3O3+2. The van der Waals surface area contributed by atoms with Gasteiger partial charge in [0, 0.05) is 11.6 Å². The van der Waals surface area contributed by atoms with Crippen LogP contribution >= 0.6 is 0 Å². The molecule has 1 aliphatic rings. The van der Waals surface area contributed by atoms with Gasteiger partial charge in [0.1, 0.15) is 45.0 Å². The number of piperazine rings is 1. The molecule has 1 fully saturated rings. The maximum absolute atomic E-state index is 11.2. The number of nitro benzene ring substituents is 1. The van der Waals surface area contributed by atoms with Gasteiger partial charge in [0.25, 0.3) is 5.69 Å². The summed E-state index contributed by atoms with van der Waals surface area (Å²) in [5, 5.41) is 11.2. The van der Waals surface area contributed by atoms with Crippen LogP contribution in [0, 0.1) is 17.0 Å². The van der Waals surface area contributed by atoms with E-state index in [1.165, 1.54) is 16.0 Å². The fourth-order valence-electron chi connectivity index (χ4n) is 3.73. The first-order chi connectivity index (χ1) is 12.6. The first-order valence-electron chi connectivity index (χ1n) is 9.09. The van der Waals surface area contributed by atoms with Crippen molar-refractivity contribution in [1.82, 2.24) is 0 Å². The number of hydrogen-bond acceptors (Lipinski definition) is 3. The van der Waals surface area contributed by atoms with Gasteiger partial charge in [-0.05, 0) is 25.1 Å². The lowest BCUT2D eigenvalue weighted by atomic mass is 10.1. The Hall–Kier alpha value is -2.44. The van der Waals surface area contributed by atoms with Crippen molar-refractivity contribution in [1.29, 1.82) is 0 Å². The molecule has 26 heavy (non-hydrogen) atoms. The highest BCUT2D eigenvalue weighted by Gasteiger charge is 2.26. The third kappa shape index (κ3) is 4.39. The minimum atomic E-state index is -0.277. The molecule has 2 aromatic carbocycles. The number of benzene rings is 2. The van der Waals surface area contributed by atoms with Gasteiger partial charge in [0.2, 0.25) is 0 Å². The zero-order valence-electron chi connectivity index (χ0n) is 15.5. The third-order valence-electron chi connectivity index (χ3n) is 5.17. The van der Waals surface area contributed by atoms with E-state index in [-0.39, 0.29) is 10.6 Å². The number of para-hydroxylation sites is 1. The highest BCUT2D eigenvalue weighted by atomic mass is 16.6. The summed E-state index contributed by atoms with van der Waals surface area (Å²) >= 11 is 0. The molecule has 6 nitrogen and oxygen atoms in total. The van der Waals surface area contributed by atoms with Crippen molar-refractivity contribution in [2.24, 2.45) is 0 Å². The number of rotatable bonds is 6. The second kappa shape index (κ2) is 8.29. The van der Waals surface area contributed by atoms with Crippen LogP contribution in [0.15, 0.2) is 42.5 Å². The molecule has 1 saturated heterocycles. The van der Waals surface area contributed by atoms with Gasteiger partial charge in [0.05, 0.1) is 17.6 Å². The number of nitrogens with one attached hydrogen (secondary N) is 2. The Morgan fingerprint density at radius 2 is 1.62 bits per heavy atom. The van der Waals surface area contributed by atoms with E-state index in [9.17, 15) is 10.1 Å². The molecule has 1 heterocycles. The lowest BCUT2D eigenvalue weighted by Gasteiger charge is -2.30. The zero-order chi connectivity index (χ0) is 18.5. The van der Waals surface area contributed by atoms with Gasteiger partial charge in [0.15, 0.2) is 0 Å². The van der Waals surface area contributed by atoms with Crippen LogP contribution in [0.5, 0.6) is 5.75 Å². The van der Waals surface area contributed by atoms with Crippen molar-refractivity contribution in [2.75, 3.05) is 33.3 Å². The van der Waals surface area contributed by atoms with E-state index >= 15 is 0 Å². The second-order valence-electron chi connectivity index (χ2n) is 7.05. The van der Waals surface area contributed by atoms with Crippen molar-refractivity contribution in [3.8, 4) is 5.75 Å². The lowest BCUT2D eigenvalue weighted by Crippen LogP contribution is -3.27. The van der Waals surface area contributed by atoms with Gasteiger partial charge in [-0.2, -0.15) is 0 Å². The summed E-state index contributed by atoms with van der Waals surface area (Å²) in [6.45, 7) is 7.96. The van der Waals surface area contributed by atoms with Gasteiger partial charge in [-0.25, -0.2) is 0 Å². The predicted molar refractivity (Wildman–Crippen MR) is 99.6 cm³/mol. The molecule has 0 aliphatic carbocycles. The van der Waals surface area contributed by atoms with E-state index in [1.54, 1.807) is 24.1 Å². The van der Waals surface area contributed by atoms with Crippen LogP contribution in [-0.4, -0.2) is 38.2 Å². The van der Waals surface area contributed by atoms with Crippen molar-refractivity contribution >= 4 is 5.69 Å². The van der Waals surface area contributed by atoms with Gasteiger partial charge in [-0.3, -0.25) is 10.1 Å². The number of hydrogen-bond donors (Lipinski definition) is 2. The van der Waals surface area contributed by atoms with Crippen LogP contribution in [0.4, 0.5) is 5.69 Å². The van der Waals surface area contributed by atoms with Crippen LogP contribution < -0.4 is 14.5 Å². The van der Waals surface area contributed by atoms with Crippen molar-refractivity contribution in [3.63, 3.8) is 0 Å². The summed E-state index contributed by atoms with van der Waals surface area (Å²) in [6, 6.07) is 13.4. The van der Waals surface area contributed by atoms with Crippen molar-refractivity contribution in [3.05, 3.63) is 69.3 Å². The quantitative estimate of drug-likeness (QED) is 0.581. The van der Waals surface area contributed by atoms with Crippen LogP contribution in [0.25, 0.3) is 0 Å². The number of quaternary nitrogens is 2. The summed E-state index contributed by atoms with van der Waals surface area (Å²) < 4.78 is 5.50. The molecule has 2 N–H and O–H groups in total. The van der Waals surface area contributed by atoms with Crippen LogP contribution in [0.1, 0.15) is 16.7 Å². The number of nitro groups is 1. The fourth-order valence-corrected chi connectivity index (χ4v) is 3.73. The Morgan fingerprint density at radius 3 is 2.23 bits per heavy atom. The van der Waals surface area contributed by atoms with E-state index in [0.29, 0.717) is 0 Å². The molecule has 0 saturated carbocycles. The van der Waals surface area contributed by atoms with Crippen LogP contribution in [0.2, 0.25) is 0 Å². The van der Waals surface area contributed by atoms with Gasteiger partial charge >= 0.3 is 0 Å². The Balaban J connectivity index is 1.58. The minimum absolute atomic E-state index is 0.235.